The molecule has 2 aromatic rings. The Morgan fingerprint density at radius 3 is 2.43 bits per heavy atom. The topological polar surface area (TPSA) is 15.3 Å². The molecule has 3 rings (SSSR count). The fraction of sp³-hybridized carbons (Fsp3) is 0.444. The highest BCUT2D eigenvalue weighted by Gasteiger charge is 2.13. The molecular formula is C18H24N2S. The maximum atomic E-state index is 3.64. The normalized spacial score (nSPS) is 17.2. The maximum absolute atomic E-state index is 3.64. The van der Waals surface area contributed by atoms with E-state index in [-0.39, 0.29) is 0 Å². The lowest BCUT2D eigenvalue weighted by molar-refractivity contribution is 0.283. The highest BCUT2D eigenvalue weighted by molar-refractivity contribution is 7.10. The Hall–Kier alpha value is -1.16. The van der Waals surface area contributed by atoms with Crippen LogP contribution in [0.5, 0.6) is 0 Å². The van der Waals surface area contributed by atoms with E-state index in [2.05, 4.69) is 58.9 Å². The predicted molar refractivity (Wildman–Crippen MR) is 91.0 cm³/mol. The molecule has 0 saturated carbocycles. The molecule has 21 heavy (non-hydrogen) atoms. The third-order valence-corrected chi connectivity index (χ3v) is 5.42. The van der Waals surface area contributed by atoms with Crippen molar-refractivity contribution in [2.75, 3.05) is 26.2 Å². The van der Waals surface area contributed by atoms with Crippen molar-refractivity contribution >= 4 is 11.3 Å². The molecule has 1 atom stereocenters. The molecule has 1 aromatic heterocycles. The van der Waals surface area contributed by atoms with Crippen LogP contribution in [0.15, 0.2) is 41.8 Å². The zero-order valence-corrected chi connectivity index (χ0v) is 13.5. The molecule has 1 aliphatic rings. The molecule has 2 heterocycles. The van der Waals surface area contributed by atoms with Crippen LogP contribution in [0.25, 0.3) is 0 Å². The van der Waals surface area contributed by atoms with Gasteiger partial charge in [0.1, 0.15) is 0 Å². The van der Waals surface area contributed by atoms with Crippen LogP contribution >= 0.6 is 11.3 Å². The van der Waals surface area contributed by atoms with E-state index in [1.807, 2.05) is 11.3 Å². The van der Waals surface area contributed by atoms with Crippen molar-refractivity contribution in [2.24, 2.45) is 0 Å². The minimum atomic E-state index is 0.467. The molecule has 112 valence electrons. The number of rotatable bonds is 5. The lowest BCUT2D eigenvalue weighted by Crippen LogP contribution is -2.34. The second-order valence-electron chi connectivity index (χ2n) is 5.80. The van der Waals surface area contributed by atoms with E-state index in [0.29, 0.717) is 6.04 Å². The van der Waals surface area contributed by atoms with E-state index in [1.54, 1.807) is 11.1 Å². The minimum Gasteiger partial charge on any atom is -0.308 e. The SMILES string of the molecule is CC(NCCN1CCc2ccccc2CC1)c1cccs1. The molecule has 0 amide bonds. The van der Waals surface area contributed by atoms with Gasteiger partial charge >= 0.3 is 0 Å². The summed E-state index contributed by atoms with van der Waals surface area (Å²) in [6, 6.07) is 13.7. The molecule has 2 nitrogen and oxygen atoms in total. The van der Waals surface area contributed by atoms with Gasteiger partial charge in [-0.25, -0.2) is 0 Å². The van der Waals surface area contributed by atoms with Crippen LogP contribution in [0.2, 0.25) is 0 Å². The van der Waals surface area contributed by atoms with Gasteiger partial charge in [0.25, 0.3) is 0 Å². The number of hydrogen-bond donors (Lipinski definition) is 1. The molecule has 0 fully saturated rings. The van der Waals surface area contributed by atoms with Gasteiger partial charge in [0.2, 0.25) is 0 Å². The number of hydrogen-bond acceptors (Lipinski definition) is 3. The Morgan fingerprint density at radius 2 is 1.81 bits per heavy atom. The van der Waals surface area contributed by atoms with Crippen LogP contribution in [-0.2, 0) is 12.8 Å². The summed E-state index contributed by atoms with van der Waals surface area (Å²) in [4.78, 5) is 4.02. The van der Waals surface area contributed by atoms with E-state index in [1.165, 1.54) is 30.8 Å². The van der Waals surface area contributed by atoms with Crippen LogP contribution in [0, 0.1) is 0 Å². The molecule has 0 radical (unpaired) electrons. The van der Waals surface area contributed by atoms with Gasteiger partial charge in [0.05, 0.1) is 0 Å². The van der Waals surface area contributed by atoms with Gasteiger partial charge in [-0.2, -0.15) is 0 Å². The molecule has 0 aliphatic carbocycles. The monoisotopic (exact) mass is 300 g/mol. The van der Waals surface area contributed by atoms with Crippen LogP contribution in [0.3, 0.4) is 0 Å². The van der Waals surface area contributed by atoms with E-state index >= 15 is 0 Å². The number of benzene rings is 1. The van der Waals surface area contributed by atoms with E-state index in [4.69, 9.17) is 0 Å². The van der Waals surface area contributed by atoms with E-state index < -0.39 is 0 Å². The summed E-state index contributed by atoms with van der Waals surface area (Å²) < 4.78 is 0. The van der Waals surface area contributed by atoms with Crippen LogP contribution in [0.4, 0.5) is 0 Å². The van der Waals surface area contributed by atoms with E-state index in [9.17, 15) is 0 Å². The Morgan fingerprint density at radius 1 is 1.10 bits per heavy atom. The standard InChI is InChI=1S/C18H24N2S/c1-15(18-7-4-14-21-18)19-10-13-20-11-8-16-5-2-3-6-17(16)9-12-20/h2-7,14-15,19H,8-13H2,1H3. The second kappa shape index (κ2) is 7.21. The minimum absolute atomic E-state index is 0.467. The molecule has 1 aliphatic heterocycles. The zero-order valence-electron chi connectivity index (χ0n) is 12.7. The summed E-state index contributed by atoms with van der Waals surface area (Å²) in [5, 5.41) is 5.79. The Kier molecular flexibility index (Phi) is 5.07. The van der Waals surface area contributed by atoms with Gasteiger partial charge in [-0.15, -0.1) is 11.3 Å². The largest absolute Gasteiger partial charge is 0.308 e. The lowest BCUT2D eigenvalue weighted by Gasteiger charge is -2.21. The van der Waals surface area contributed by atoms with Crippen LogP contribution < -0.4 is 5.32 Å². The molecule has 0 spiro atoms. The lowest BCUT2D eigenvalue weighted by atomic mass is 10.0. The Balaban J connectivity index is 1.45. The second-order valence-corrected chi connectivity index (χ2v) is 6.78. The van der Waals surface area contributed by atoms with Crippen molar-refractivity contribution in [3.8, 4) is 0 Å². The quantitative estimate of drug-likeness (QED) is 0.909. The maximum Gasteiger partial charge on any atom is 0.0386 e. The number of fused-ring (bicyclic) bond motifs is 1. The molecule has 1 N–H and O–H groups in total. The Bertz CT molecular complexity index is 523. The van der Waals surface area contributed by atoms with Crippen molar-refractivity contribution < 1.29 is 0 Å². The number of nitrogens with one attached hydrogen (secondary N) is 1. The summed E-state index contributed by atoms with van der Waals surface area (Å²) in [5.41, 5.74) is 3.08. The summed E-state index contributed by atoms with van der Waals surface area (Å²) in [7, 11) is 0. The first-order valence-corrected chi connectivity index (χ1v) is 8.77. The highest BCUT2D eigenvalue weighted by Crippen LogP contribution is 2.18. The molecular weight excluding hydrogens is 276 g/mol. The van der Waals surface area contributed by atoms with E-state index in [0.717, 1.165) is 13.1 Å². The summed E-state index contributed by atoms with van der Waals surface area (Å²) in [5.74, 6) is 0. The van der Waals surface area contributed by atoms with Crippen molar-refractivity contribution in [3.05, 3.63) is 57.8 Å². The molecule has 1 unspecified atom stereocenters. The summed E-state index contributed by atoms with van der Waals surface area (Å²) in [6.07, 6.45) is 2.38. The molecule has 3 heteroatoms. The van der Waals surface area contributed by atoms with Crippen molar-refractivity contribution in [1.82, 2.24) is 10.2 Å². The first-order chi connectivity index (χ1) is 10.3. The van der Waals surface area contributed by atoms with Crippen LogP contribution in [-0.4, -0.2) is 31.1 Å². The highest BCUT2D eigenvalue weighted by atomic mass is 32.1. The number of nitrogens with zero attached hydrogens (tertiary/aromatic N) is 1. The zero-order chi connectivity index (χ0) is 14.5. The first-order valence-electron chi connectivity index (χ1n) is 7.89. The first kappa shape index (κ1) is 14.8. The Labute approximate surface area is 131 Å². The third kappa shape index (κ3) is 3.94. The summed E-state index contributed by atoms with van der Waals surface area (Å²) >= 11 is 1.84. The molecule has 0 saturated heterocycles. The molecule has 1 aromatic carbocycles. The van der Waals surface area contributed by atoms with Gasteiger partial charge in [-0.1, -0.05) is 30.3 Å². The van der Waals surface area contributed by atoms with Gasteiger partial charge in [-0.3, -0.25) is 0 Å². The number of thiophene rings is 1. The third-order valence-electron chi connectivity index (χ3n) is 4.36. The average molecular weight is 300 g/mol. The predicted octanol–water partition coefficient (Wildman–Crippen LogP) is 3.50. The van der Waals surface area contributed by atoms with Crippen LogP contribution in [0.1, 0.15) is 29.0 Å². The fourth-order valence-electron chi connectivity index (χ4n) is 3.02. The van der Waals surface area contributed by atoms with Gasteiger partial charge in [0.15, 0.2) is 0 Å². The van der Waals surface area contributed by atoms with Crippen molar-refractivity contribution in [2.45, 2.75) is 25.8 Å². The van der Waals surface area contributed by atoms with Gasteiger partial charge in [0, 0.05) is 37.1 Å². The smallest absolute Gasteiger partial charge is 0.0386 e. The van der Waals surface area contributed by atoms with Crippen molar-refractivity contribution in [1.29, 1.82) is 0 Å². The fourth-order valence-corrected chi connectivity index (χ4v) is 3.77. The van der Waals surface area contributed by atoms with Gasteiger partial charge in [-0.05, 0) is 42.3 Å². The average Bonchev–Trinajstić information content (AvgIpc) is 2.97. The molecule has 0 bridgehead atoms. The van der Waals surface area contributed by atoms with Crippen molar-refractivity contribution in [3.63, 3.8) is 0 Å². The van der Waals surface area contributed by atoms with Gasteiger partial charge < -0.3 is 10.2 Å². The summed E-state index contributed by atoms with van der Waals surface area (Å²) in [6.45, 7) is 6.83.